The average Bonchev–Trinajstić information content (AvgIpc) is 2.41. The molecule has 4 heteroatoms. The molecule has 1 unspecified atom stereocenters. The first-order valence-electron chi connectivity index (χ1n) is 6.47. The Bertz CT molecular complexity index is 566. The number of benzene rings is 2. The monoisotopic (exact) mass is 339 g/mol. The first-order valence-corrected chi connectivity index (χ1v) is 7.26. The van der Waals surface area contributed by atoms with Crippen molar-refractivity contribution in [1.82, 2.24) is 5.32 Å². The van der Waals surface area contributed by atoms with E-state index in [1.54, 1.807) is 0 Å². The van der Waals surface area contributed by atoms with Crippen molar-refractivity contribution in [2.45, 2.75) is 25.9 Å². The number of rotatable bonds is 5. The fourth-order valence-electron chi connectivity index (χ4n) is 2.04. The molecular formula is C16H16BrF2N. The predicted molar refractivity (Wildman–Crippen MR) is 80.5 cm³/mol. The maximum atomic E-state index is 13.6. The summed E-state index contributed by atoms with van der Waals surface area (Å²) in [4.78, 5) is 0. The van der Waals surface area contributed by atoms with Gasteiger partial charge in [-0.15, -0.1) is 0 Å². The van der Waals surface area contributed by atoms with Crippen molar-refractivity contribution in [2.75, 3.05) is 0 Å². The summed E-state index contributed by atoms with van der Waals surface area (Å²) in [6, 6.07) is 11.9. The minimum absolute atomic E-state index is 0.0135. The fourth-order valence-corrected chi connectivity index (χ4v) is 2.49. The highest BCUT2D eigenvalue weighted by atomic mass is 79.9. The Labute approximate surface area is 126 Å². The van der Waals surface area contributed by atoms with Gasteiger partial charge in [0.2, 0.25) is 0 Å². The Morgan fingerprint density at radius 2 is 1.75 bits per heavy atom. The van der Waals surface area contributed by atoms with Gasteiger partial charge < -0.3 is 5.32 Å². The van der Waals surface area contributed by atoms with E-state index in [0.717, 1.165) is 10.0 Å². The average molecular weight is 340 g/mol. The lowest BCUT2D eigenvalue weighted by atomic mass is 10.1. The summed E-state index contributed by atoms with van der Waals surface area (Å²) in [7, 11) is 0. The summed E-state index contributed by atoms with van der Waals surface area (Å²) in [5.41, 5.74) is 1.27. The van der Waals surface area contributed by atoms with Crippen molar-refractivity contribution >= 4 is 15.9 Å². The minimum atomic E-state index is -0.485. The third kappa shape index (κ3) is 4.12. The highest BCUT2D eigenvalue weighted by Gasteiger charge is 2.12. The van der Waals surface area contributed by atoms with E-state index in [1.165, 1.54) is 18.2 Å². The van der Waals surface area contributed by atoms with E-state index in [9.17, 15) is 8.78 Å². The molecule has 2 aromatic rings. The topological polar surface area (TPSA) is 12.0 Å². The van der Waals surface area contributed by atoms with Gasteiger partial charge in [-0.1, -0.05) is 34.1 Å². The van der Waals surface area contributed by atoms with Crippen LogP contribution in [0.3, 0.4) is 0 Å². The zero-order valence-corrected chi connectivity index (χ0v) is 12.8. The largest absolute Gasteiger partial charge is 0.310 e. The summed E-state index contributed by atoms with van der Waals surface area (Å²) in [5, 5.41) is 3.27. The molecule has 1 N–H and O–H groups in total. The van der Waals surface area contributed by atoms with Crippen LogP contribution in [0.5, 0.6) is 0 Å². The molecule has 0 amide bonds. The van der Waals surface area contributed by atoms with E-state index in [2.05, 4.69) is 21.2 Å². The predicted octanol–water partition coefficient (Wildman–Crippen LogP) is 4.45. The molecule has 0 aliphatic rings. The summed E-state index contributed by atoms with van der Waals surface area (Å²) in [5.74, 6) is -0.970. The van der Waals surface area contributed by atoms with E-state index >= 15 is 0 Å². The van der Waals surface area contributed by atoms with E-state index in [1.807, 2.05) is 31.2 Å². The van der Waals surface area contributed by atoms with Gasteiger partial charge in [-0.25, -0.2) is 8.78 Å². The summed E-state index contributed by atoms with van der Waals surface area (Å²) >= 11 is 3.42. The van der Waals surface area contributed by atoms with Crippen molar-refractivity contribution < 1.29 is 8.78 Å². The lowest BCUT2D eigenvalue weighted by Gasteiger charge is -2.15. The minimum Gasteiger partial charge on any atom is -0.310 e. The van der Waals surface area contributed by atoms with Gasteiger partial charge in [0.05, 0.1) is 0 Å². The van der Waals surface area contributed by atoms with Gasteiger partial charge >= 0.3 is 0 Å². The van der Waals surface area contributed by atoms with E-state index in [0.29, 0.717) is 13.0 Å². The van der Waals surface area contributed by atoms with Crippen molar-refractivity contribution in [3.8, 4) is 0 Å². The van der Waals surface area contributed by atoms with Crippen molar-refractivity contribution in [1.29, 1.82) is 0 Å². The summed E-state index contributed by atoms with van der Waals surface area (Å²) in [6.07, 6.45) is 0.326. The van der Waals surface area contributed by atoms with E-state index < -0.39 is 11.6 Å². The normalized spacial score (nSPS) is 12.4. The Kier molecular flexibility index (Phi) is 5.26. The van der Waals surface area contributed by atoms with Crippen molar-refractivity contribution in [3.63, 3.8) is 0 Å². The Morgan fingerprint density at radius 3 is 2.40 bits per heavy atom. The van der Waals surface area contributed by atoms with Gasteiger partial charge in [0.1, 0.15) is 11.6 Å². The highest BCUT2D eigenvalue weighted by Crippen LogP contribution is 2.15. The lowest BCUT2D eigenvalue weighted by molar-refractivity contribution is 0.499. The maximum Gasteiger partial charge on any atom is 0.129 e. The molecule has 0 aliphatic carbocycles. The van der Waals surface area contributed by atoms with Gasteiger partial charge in [-0.2, -0.15) is 0 Å². The molecule has 2 aromatic carbocycles. The van der Waals surface area contributed by atoms with Crippen LogP contribution in [0.2, 0.25) is 0 Å². The lowest BCUT2D eigenvalue weighted by Crippen LogP contribution is -2.28. The molecule has 0 radical (unpaired) electrons. The van der Waals surface area contributed by atoms with Crippen molar-refractivity contribution in [3.05, 3.63) is 69.7 Å². The van der Waals surface area contributed by atoms with Crippen LogP contribution < -0.4 is 5.32 Å². The van der Waals surface area contributed by atoms with Crippen LogP contribution in [0.1, 0.15) is 18.1 Å². The molecule has 0 aliphatic heterocycles. The molecule has 0 saturated heterocycles. The smallest absolute Gasteiger partial charge is 0.129 e. The third-order valence-corrected chi connectivity index (χ3v) is 3.61. The molecular weight excluding hydrogens is 324 g/mol. The van der Waals surface area contributed by atoms with Crippen molar-refractivity contribution in [2.24, 2.45) is 0 Å². The highest BCUT2D eigenvalue weighted by molar-refractivity contribution is 9.10. The van der Waals surface area contributed by atoms with Crippen LogP contribution in [0.25, 0.3) is 0 Å². The van der Waals surface area contributed by atoms with Gasteiger partial charge in [-0.3, -0.25) is 0 Å². The van der Waals surface area contributed by atoms with Gasteiger partial charge in [0, 0.05) is 22.6 Å². The molecule has 1 atom stereocenters. The van der Waals surface area contributed by atoms with Crippen LogP contribution in [0.15, 0.2) is 46.9 Å². The second kappa shape index (κ2) is 6.95. The molecule has 0 aromatic heterocycles. The number of hydrogen-bond acceptors (Lipinski definition) is 1. The van der Waals surface area contributed by atoms with Gasteiger partial charge in [0.15, 0.2) is 0 Å². The first kappa shape index (κ1) is 15.1. The number of hydrogen-bond donors (Lipinski definition) is 1. The SMILES string of the molecule is CC(Cc1c(F)cccc1F)NCc1cccc(Br)c1. The van der Waals surface area contributed by atoms with E-state index in [-0.39, 0.29) is 11.6 Å². The second-order valence-corrected chi connectivity index (χ2v) is 5.73. The molecule has 0 fully saturated rings. The standard InChI is InChI=1S/C16H16BrF2N/c1-11(8-14-15(18)6-3-7-16(14)19)20-10-12-4-2-5-13(17)9-12/h2-7,9,11,20H,8,10H2,1H3. The maximum absolute atomic E-state index is 13.6. The molecule has 106 valence electrons. The molecule has 2 rings (SSSR count). The van der Waals surface area contributed by atoms with Crippen LogP contribution in [-0.2, 0) is 13.0 Å². The quantitative estimate of drug-likeness (QED) is 0.848. The van der Waals surface area contributed by atoms with Crippen LogP contribution in [-0.4, -0.2) is 6.04 Å². The zero-order valence-electron chi connectivity index (χ0n) is 11.2. The van der Waals surface area contributed by atoms with E-state index in [4.69, 9.17) is 0 Å². The molecule has 1 nitrogen and oxygen atoms in total. The molecule has 20 heavy (non-hydrogen) atoms. The number of nitrogens with one attached hydrogen (secondary N) is 1. The Hall–Kier alpha value is -1.26. The summed E-state index contributed by atoms with van der Waals surface area (Å²) in [6.45, 7) is 2.58. The Balaban J connectivity index is 1.94. The molecule has 0 saturated carbocycles. The fraction of sp³-hybridized carbons (Fsp3) is 0.250. The zero-order chi connectivity index (χ0) is 14.5. The molecule has 0 heterocycles. The first-order chi connectivity index (χ1) is 9.56. The van der Waals surface area contributed by atoms with Gasteiger partial charge in [0.25, 0.3) is 0 Å². The number of halogens is 3. The van der Waals surface area contributed by atoms with Crippen LogP contribution in [0, 0.1) is 11.6 Å². The molecule has 0 bridgehead atoms. The Morgan fingerprint density at radius 1 is 1.10 bits per heavy atom. The van der Waals surface area contributed by atoms with Crippen LogP contribution >= 0.6 is 15.9 Å². The molecule has 0 spiro atoms. The second-order valence-electron chi connectivity index (χ2n) is 4.82. The van der Waals surface area contributed by atoms with Crippen LogP contribution in [0.4, 0.5) is 8.78 Å². The van der Waals surface area contributed by atoms with Gasteiger partial charge in [-0.05, 0) is 43.2 Å². The summed E-state index contributed by atoms with van der Waals surface area (Å²) < 4.78 is 28.1. The third-order valence-electron chi connectivity index (χ3n) is 3.12.